The van der Waals surface area contributed by atoms with E-state index in [9.17, 15) is 19.8 Å². The molecule has 2 aromatic rings. The van der Waals surface area contributed by atoms with Crippen LogP contribution in [0, 0.1) is 0 Å². The maximum absolute atomic E-state index is 13.6. The van der Waals surface area contributed by atoms with Gasteiger partial charge in [0, 0.05) is 18.5 Å². The van der Waals surface area contributed by atoms with Gasteiger partial charge in [0.25, 0.3) is 5.91 Å². The summed E-state index contributed by atoms with van der Waals surface area (Å²) in [5, 5.41) is 23.7. The molecule has 2 heterocycles. The fraction of sp³-hybridized carbons (Fsp3) is 0.357. The maximum atomic E-state index is 13.6. The van der Waals surface area contributed by atoms with Crippen molar-refractivity contribution in [3.63, 3.8) is 0 Å². The van der Waals surface area contributed by atoms with Gasteiger partial charge in [0.1, 0.15) is 25.4 Å². The highest BCUT2D eigenvalue weighted by atomic mass is 16.5. The number of hydrogen-bond donors (Lipinski definition) is 2. The van der Waals surface area contributed by atoms with Crippen molar-refractivity contribution in [1.82, 2.24) is 4.90 Å². The first-order valence-corrected chi connectivity index (χ1v) is 12.3. The zero-order valence-corrected chi connectivity index (χ0v) is 20.9. The smallest absolute Gasteiger partial charge is 0.295 e. The number of carbonyl (C=O) groups is 2. The third kappa shape index (κ3) is 5.79. The topological polar surface area (TPSA) is 113 Å². The Balaban J connectivity index is 1.68. The number of ether oxygens (including phenoxy) is 3. The number of rotatable bonds is 10. The molecule has 9 nitrogen and oxygen atoms in total. The number of amides is 1. The number of methoxy groups -OCH3 is 1. The van der Waals surface area contributed by atoms with E-state index in [1.54, 1.807) is 42.5 Å². The van der Waals surface area contributed by atoms with Crippen LogP contribution >= 0.6 is 0 Å². The summed E-state index contributed by atoms with van der Waals surface area (Å²) in [5.74, 6) is -1.37. The molecule has 0 spiro atoms. The van der Waals surface area contributed by atoms with Crippen LogP contribution in [-0.4, -0.2) is 74.8 Å². The summed E-state index contributed by atoms with van der Waals surface area (Å²) in [5.41, 5.74) is 0.676. The Morgan fingerprint density at radius 1 is 1.22 bits per heavy atom. The van der Waals surface area contributed by atoms with Crippen LogP contribution in [0.1, 0.15) is 23.6 Å². The number of nitrogens with zero attached hydrogens (tertiary/aromatic N) is 1. The lowest BCUT2D eigenvalue weighted by Gasteiger charge is -2.29. The second kappa shape index (κ2) is 11.9. The molecule has 1 amide bonds. The van der Waals surface area contributed by atoms with Gasteiger partial charge in [-0.25, -0.2) is 0 Å². The number of morpholine rings is 1. The van der Waals surface area contributed by atoms with E-state index in [0.717, 1.165) is 19.6 Å². The van der Waals surface area contributed by atoms with E-state index < -0.39 is 23.5 Å². The molecule has 2 aromatic carbocycles. The Morgan fingerprint density at radius 3 is 2.62 bits per heavy atom. The molecule has 2 saturated heterocycles. The average Bonchev–Trinajstić information content (AvgIpc) is 3.17. The van der Waals surface area contributed by atoms with E-state index in [0.29, 0.717) is 44.1 Å². The third-order valence-corrected chi connectivity index (χ3v) is 6.66. The molecular formula is C28H32N2O7. The zero-order valence-electron chi connectivity index (χ0n) is 20.9. The number of quaternary nitrogens is 1. The molecule has 37 heavy (non-hydrogen) atoms. The molecule has 1 unspecified atom stereocenters. The number of ketones is 1. The van der Waals surface area contributed by atoms with Crippen molar-refractivity contribution in [3.05, 3.63) is 71.8 Å². The Bertz CT molecular complexity index is 1170. The second-order valence-electron chi connectivity index (χ2n) is 8.99. The number of Topliss-reactive ketones (excluding diaryl/α,β-unsaturated/α-hetero) is 1. The third-order valence-electron chi connectivity index (χ3n) is 6.66. The molecule has 2 aliphatic rings. The van der Waals surface area contributed by atoms with Crippen LogP contribution in [0.2, 0.25) is 0 Å². The Morgan fingerprint density at radius 2 is 1.95 bits per heavy atom. The standard InChI is InChI=1S/C28H32N2O7/c1-3-15-37-21-8-5-19(6-9-21)26(32)24-25(20-7-10-22(31)23(18-20)35-2)30(28(34)27(24)33)12-4-11-29-13-16-36-17-14-29/h3,5-10,18,25,31-32H,1,4,11-17H2,2H3/b26-24+. The fourth-order valence-corrected chi connectivity index (χ4v) is 4.73. The van der Waals surface area contributed by atoms with Crippen molar-refractivity contribution in [2.45, 2.75) is 12.5 Å². The largest absolute Gasteiger partial charge is 0.872 e. The van der Waals surface area contributed by atoms with Crippen molar-refractivity contribution in [3.8, 4) is 17.2 Å². The monoisotopic (exact) mass is 508 g/mol. The van der Waals surface area contributed by atoms with Crippen molar-refractivity contribution in [2.75, 3.05) is 53.1 Å². The van der Waals surface area contributed by atoms with E-state index in [-0.39, 0.29) is 22.6 Å². The number of hydrogen-bond acceptors (Lipinski definition) is 7. The van der Waals surface area contributed by atoms with E-state index in [4.69, 9.17) is 14.2 Å². The fourth-order valence-electron chi connectivity index (χ4n) is 4.73. The summed E-state index contributed by atoms with van der Waals surface area (Å²) < 4.78 is 16.1. The van der Waals surface area contributed by atoms with Gasteiger partial charge in [0.2, 0.25) is 5.78 Å². The number of carbonyl (C=O) groups excluding carboxylic acids is 2. The van der Waals surface area contributed by atoms with Crippen molar-refractivity contribution >= 4 is 17.4 Å². The molecule has 0 saturated carbocycles. The molecule has 9 heteroatoms. The first kappa shape index (κ1) is 26.2. The quantitative estimate of drug-likeness (QED) is 0.208. The Kier molecular flexibility index (Phi) is 8.47. The number of aromatic hydroxyl groups is 1. The number of benzene rings is 2. The van der Waals surface area contributed by atoms with Crippen LogP contribution in [0.5, 0.6) is 17.2 Å². The molecule has 0 aliphatic carbocycles. The highest BCUT2D eigenvalue weighted by molar-refractivity contribution is 6.46. The lowest BCUT2D eigenvalue weighted by Crippen LogP contribution is -3.14. The summed E-state index contributed by atoms with van der Waals surface area (Å²) in [6, 6.07) is 10.1. The van der Waals surface area contributed by atoms with Gasteiger partial charge in [-0.15, -0.1) is 0 Å². The van der Waals surface area contributed by atoms with E-state index in [1.807, 2.05) is 0 Å². The summed E-state index contributed by atoms with van der Waals surface area (Å²) >= 11 is 0. The lowest BCUT2D eigenvalue weighted by atomic mass is 9.95. The normalized spacial score (nSPS) is 19.7. The summed E-state index contributed by atoms with van der Waals surface area (Å²) in [6.07, 6.45) is 2.28. The minimum absolute atomic E-state index is 0.0765. The maximum Gasteiger partial charge on any atom is 0.295 e. The molecule has 2 N–H and O–H groups in total. The average molecular weight is 509 g/mol. The predicted octanol–water partition coefficient (Wildman–Crippen LogP) is 0.495. The number of phenols is 1. The molecule has 2 aliphatic heterocycles. The Hall–Kier alpha value is -3.82. The number of phenolic OH excluding ortho intramolecular Hbond substituents is 1. The molecular weight excluding hydrogens is 476 g/mol. The summed E-state index contributed by atoms with van der Waals surface area (Å²) in [6.45, 7) is 8.27. The van der Waals surface area contributed by atoms with Crippen molar-refractivity contribution in [2.24, 2.45) is 0 Å². The van der Waals surface area contributed by atoms with Gasteiger partial charge in [-0.3, -0.25) is 9.59 Å². The first-order valence-electron chi connectivity index (χ1n) is 12.3. The zero-order chi connectivity index (χ0) is 26.4. The molecule has 196 valence electrons. The number of likely N-dealkylation sites (tertiary alicyclic amines) is 1. The van der Waals surface area contributed by atoms with Crippen LogP contribution < -0.4 is 19.5 Å². The van der Waals surface area contributed by atoms with Crippen LogP contribution in [-0.2, 0) is 14.3 Å². The Labute approximate surface area is 216 Å². The SMILES string of the molecule is C=CCOc1ccc(/C([O-])=C2\C(=O)C(=O)N(CCC[NH+]3CCOCC3)C2c2ccc(O)c(OC)c2)cc1. The van der Waals surface area contributed by atoms with Gasteiger partial charge < -0.3 is 34.2 Å². The van der Waals surface area contributed by atoms with E-state index >= 15 is 0 Å². The number of nitrogens with one attached hydrogen (secondary N) is 1. The van der Waals surface area contributed by atoms with Crippen LogP contribution in [0.25, 0.3) is 5.76 Å². The highest BCUT2D eigenvalue weighted by Gasteiger charge is 2.44. The van der Waals surface area contributed by atoms with Crippen LogP contribution in [0.3, 0.4) is 0 Å². The lowest BCUT2D eigenvalue weighted by molar-refractivity contribution is -0.908. The van der Waals surface area contributed by atoms with E-state index in [1.165, 1.54) is 23.0 Å². The van der Waals surface area contributed by atoms with Gasteiger partial charge in [-0.05, 0) is 35.4 Å². The van der Waals surface area contributed by atoms with Crippen LogP contribution in [0.4, 0.5) is 0 Å². The van der Waals surface area contributed by atoms with Gasteiger partial charge in [0.05, 0.1) is 32.9 Å². The summed E-state index contributed by atoms with van der Waals surface area (Å²) in [4.78, 5) is 29.2. The van der Waals surface area contributed by atoms with Crippen molar-refractivity contribution < 1.29 is 38.9 Å². The van der Waals surface area contributed by atoms with Crippen LogP contribution in [0.15, 0.2) is 60.7 Å². The second-order valence-corrected chi connectivity index (χ2v) is 8.99. The molecule has 0 bridgehead atoms. The van der Waals surface area contributed by atoms with Gasteiger partial charge in [0.15, 0.2) is 11.5 Å². The predicted molar refractivity (Wildman–Crippen MR) is 134 cm³/mol. The molecule has 0 aromatic heterocycles. The van der Waals surface area contributed by atoms with Crippen molar-refractivity contribution in [1.29, 1.82) is 0 Å². The molecule has 4 rings (SSSR count). The van der Waals surface area contributed by atoms with Gasteiger partial charge >= 0.3 is 0 Å². The molecule has 1 atom stereocenters. The minimum atomic E-state index is -0.890. The molecule has 0 radical (unpaired) electrons. The first-order chi connectivity index (χ1) is 17.9. The van der Waals surface area contributed by atoms with E-state index in [2.05, 4.69) is 6.58 Å². The highest BCUT2D eigenvalue weighted by Crippen LogP contribution is 2.41. The van der Waals surface area contributed by atoms with Gasteiger partial charge in [-0.1, -0.05) is 36.6 Å². The summed E-state index contributed by atoms with van der Waals surface area (Å²) in [7, 11) is 1.42. The minimum Gasteiger partial charge on any atom is -0.872 e. The van der Waals surface area contributed by atoms with Gasteiger partial charge in [-0.2, -0.15) is 0 Å². The molecule has 2 fully saturated rings.